The van der Waals surface area contributed by atoms with Crippen LogP contribution in [0.5, 0.6) is 0 Å². The van der Waals surface area contributed by atoms with Gasteiger partial charge in [0.2, 0.25) is 5.91 Å². The number of likely N-dealkylation sites (N-methyl/N-ethyl adjacent to an activating group) is 1. The monoisotopic (exact) mass is 332 g/mol. The zero-order valence-corrected chi connectivity index (χ0v) is 15.1. The molecule has 0 unspecified atom stereocenters. The van der Waals surface area contributed by atoms with Crippen molar-refractivity contribution in [1.82, 2.24) is 20.1 Å². The van der Waals surface area contributed by atoms with Crippen LogP contribution >= 0.6 is 0 Å². The summed E-state index contributed by atoms with van der Waals surface area (Å²) in [6, 6.07) is 3.76. The summed E-state index contributed by atoms with van der Waals surface area (Å²) in [6.45, 7) is 6.44. The summed E-state index contributed by atoms with van der Waals surface area (Å²) in [5, 5.41) is 2.97. The predicted molar refractivity (Wildman–Crippen MR) is 94.1 cm³/mol. The van der Waals surface area contributed by atoms with Crippen LogP contribution in [0.4, 0.5) is 0 Å². The van der Waals surface area contributed by atoms with Crippen LogP contribution < -0.4 is 5.32 Å². The average Bonchev–Trinajstić information content (AvgIpc) is 2.54. The number of amides is 2. The number of hydrogen-bond acceptors (Lipinski definition) is 4. The van der Waals surface area contributed by atoms with Crippen LogP contribution in [0.15, 0.2) is 12.1 Å². The van der Waals surface area contributed by atoms with Gasteiger partial charge in [-0.05, 0) is 46.0 Å². The van der Waals surface area contributed by atoms with E-state index in [1.807, 2.05) is 43.0 Å². The van der Waals surface area contributed by atoms with E-state index >= 15 is 0 Å². The molecule has 1 aromatic rings. The standard InChI is InChI=1S/C18H28N4O2/c1-13-5-6-16(18(24)19-9-12-21(3)4)17(20-13)15-7-10-22(11-8-15)14(2)23/h5-6,15H,7-12H2,1-4H3,(H,19,24). The molecular formula is C18H28N4O2. The molecule has 0 atom stereocenters. The third-order valence-corrected chi connectivity index (χ3v) is 4.48. The van der Waals surface area contributed by atoms with Gasteiger partial charge in [-0.2, -0.15) is 0 Å². The normalized spacial score (nSPS) is 15.6. The van der Waals surface area contributed by atoms with Crippen LogP contribution in [0.3, 0.4) is 0 Å². The maximum absolute atomic E-state index is 12.5. The van der Waals surface area contributed by atoms with Crippen molar-refractivity contribution in [2.24, 2.45) is 0 Å². The van der Waals surface area contributed by atoms with Crippen molar-refractivity contribution in [3.05, 3.63) is 29.1 Å². The van der Waals surface area contributed by atoms with Crippen LogP contribution in [-0.2, 0) is 4.79 Å². The number of pyridine rings is 1. The van der Waals surface area contributed by atoms with E-state index in [1.54, 1.807) is 6.92 Å². The fourth-order valence-corrected chi connectivity index (χ4v) is 3.04. The Bertz CT molecular complexity index is 593. The van der Waals surface area contributed by atoms with E-state index in [9.17, 15) is 9.59 Å². The first kappa shape index (κ1) is 18.4. The van der Waals surface area contributed by atoms with Crippen LogP contribution in [0.25, 0.3) is 0 Å². The van der Waals surface area contributed by atoms with Crippen LogP contribution in [-0.4, -0.2) is 66.9 Å². The molecule has 1 saturated heterocycles. The van der Waals surface area contributed by atoms with Gasteiger partial charge in [-0.1, -0.05) is 0 Å². The minimum absolute atomic E-state index is 0.0617. The highest BCUT2D eigenvalue weighted by Gasteiger charge is 2.26. The number of aromatic nitrogens is 1. The van der Waals surface area contributed by atoms with Gasteiger partial charge >= 0.3 is 0 Å². The van der Waals surface area contributed by atoms with Gasteiger partial charge in [0, 0.05) is 44.7 Å². The number of carbonyl (C=O) groups excluding carboxylic acids is 2. The molecule has 1 N–H and O–H groups in total. The molecule has 0 saturated carbocycles. The summed E-state index contributed by atoms with van der Waals surface area (Å²) in [7, 11) is 3.96. The molecule has 0 aliphatic carbocycles. The second kappa shape index (κ2) is 8.24. The number of nitrogens with zero attached hydrogens (tertiary/aromatic N) is 3. The molecule has 2 rings (SSSR count). The zero-order chi connectivity index (χ0) is 17.7. The number of likely N-dealkylation sites (tertiary alicyclic amines) is 1. The highest BCUT2D eigenvalue weighted by molar-refractivity contribution is 5.95. The summed E-state index contributed by atoms with van der Waals surface area (Å²) < 4.78 is 0. The van der Waals surface area contributed by atoms with Gasteiger partial charge in [0.25, 0.3) is 5.91 Å². The van der Waals surface area contributed by atoms with Crippen molar-refractivity contribution in [1.29, 1.82) is 0 Å². The number of hydrogen-bond donors (Lipinski definition) is 1. The minimum atomic E-state index is -0.0617. The lowest BCUT2D eigenvalue weighted by atomic mass is 9.90. The Morgan fingerprint density at radius 1 is 1.29 bits per heavy atom. The highest BCUT2D eigenvalue weighted by atomic mass is 16.2. The van der Waals surface area contributed by atoms with Crippen molar-refractivity contribution in [3.63, 3.8) is 0 Å². The van der Waals surface area contributed by atoms with E-state index in [4.69, 9.17) is 0 Å². The SMILES string of the molecule is CC(=O)N1CCC(c2nc(C)ccc2C(=O)NCCN(C)C)CC1. The first-order chi connectivity index (χ1) is 11.4. The highest BCUT2D eigenvalue weighted by Crippen LogP contribution is 2.29. The van der Waals surface area contributed by atoms with Crippen molar-refractivity contribution in [2.75, 3.05) is 40.3 Å². The first-order valence-corrected chi connectivity index (χ1v) is 8.54. The van der Waals surface area contributed by atoms with Gasteiger partial charge in [0.15, 0.2) is 0 Å². The van der Waals surface area contributed by atoms with E-state index in [-0.39, 0.29) is 17.7 Å². The molecule has 1 fully saturated rings. The van der Waals surface area contributed by atoms with Gasteiger partial charge in [-0.15, -0.1) is 0 Å². The Kier molecular flexibility index (Phi) is 6.31. The number of aryl methyl sites for hydroxylation is 1. The topological polar surface area (TPSA) is 65.5 Å². The molecule has 2 heterocycles. The molecule has 0 radical (unpaired) electrons. The Morgan fingerprint density at radius 3 is 2.54 bits per heavy atom. The van der Waals surface area contributed by atoms with Crippen molar-refractivity contribution in [2.45, 2.75) is 32.6 Å². The van der Waals surface area contributed by atoms with Gasteiger partial charge < -0.3 is 15.1 Å². The molecule has 132 valence electrons. The molecule has 6 heteroatoms. The van der Waals surface area contributed by atoms with E-state index in [0.29, 0.717) is 12.1 Å². The van der Waals surface area contributed by atoms with Crippen LogP contribution in [0.1, 0.15) is 47.4 Å². The fraction of sp³-hybridized carbons (Fsp3) is 0.611. The lowest BCUT2D eigenvalue weighted by molar-refractivity contribution is -0.129. The second-order valence-electron chi connectivity index (χ2n) is 6.72. The summed E-state index contributed by atoms with van der Waals surface area (Å²) >= 11 is 0. The fourth-order valence-electron chi connectivity index (χ4n) is 3.04. The number of rotatable bonds is 5. The molecule has 0 spiro atoms. The average molecular weight is 332 g/mol. The predicted octanol–water partition coefficient (Wildman–Crippen LogP) is 1.41. The number of carbonyl (C=O) groups is 2. The Balaban J connectivity index is 2.10. The lowest BCUT2D eigenvalue weighted by Crippen LogP contribution is -2.37. The van der Waals surface area contributed by atoms with Crippen molar-refractivity contribution < 1.29 is 9.59 Å². The smallest absolute Gasteiger partial charge is 0.253 e. The van der Waals surface area contributed by atoms with Gasteiger partial charge in [-0.25, -0.2) is 0 Å². The molecule has 6 nitrogen and oxygen atoms in total. The second-order valence-corrected chi connectivity index (χ2v) is 6.72. The quantitative estimate of drug-likeness (QED) is 0.885. The molecule has 1 aliphatic heterocycles. The largest absolute Gasteiger partial charge is 0.351 e. The molecule has 1 aromatic heterocycles. The van der Waals surface area contributed by atoms with Gasteiger partial charge in [0.1, 0.15) is 0 Å². The third-order valence-electron chi connectivity index (χ3n) is 4.48. The van der Waals surface area contributed by atoms with E-state index in [2.05, 4.69) is 10.3 Å². The molecule has 2 amide bonds. The zero-order valence-electron chi connectivity index (χ0n) is 15.1. The van der Waals surface area contributed by atoms with Gasteiger partial charge in [-0.3, -0.25) is 14.6 Å². The summed E-state index contributed by atoms with van der Waals surface area (Å²) in [5.41, 5.74) is 2.46. The summed E-state index contributed by atoms with van der Waals surface area (Å²) in [5.74, 6) is 0.288. The Morgan fingerprint density at radius 2 is 1.96 bits per heavy atom. The summed E-state index contributed by atoms with van der Waals surface area (Å²) in [4.78, 5) is 32.6. The van der Waals surface area contributed by atoms with Crippen molar-refractivity contribution in [3.8, 4) is 0 Å². The number of piperidine rings is 1. The van der Waals surface area contributed by atoms with Crippen LogP contribution in [0, 0.1) is 6.92 Å². The molecule has 1 aliphatic rings. The summed E-state index contributed by atoms with van der Waals surface area (Å²) in [6.07, 6.45) is 1.71. The van der Waals surface area contributed by atoms with Crippen molar-refractivity contribution >= 4 is 11.8 Å². The Labute approximate surface area is 144 Å². The molecule has 24 heavy (non-hydrogen) atoms. The lowest BCUT2D eigenvalue weighted by Gasteiger charge is -2.31. The first-order valence-electron chi connectivity index (χ1n) is 8.54. The maximum atomic E-state index is 12.5. The maximum Gasteiger partial charge on any atom is 0.253 e. The third kappa shape index (κ3) is 4.77. The molecule has 0 aromatic carbocycles. The Hall–Kier alpha value is -1.95. The molecular weight excluding hydrogens is 304 g/mol. The van der Waals surface area contributed by atoms with Gasteiger partial charge in [0.05, 0.1) is 11.3 Å². The van der Waals surface area contributed by atoms with Crippen LogP contribution in [0.2, 0.25) is 0 Å². The van der Waals surface area contributed by atoms with E-state index in [1.165, 1.54) is 0 Å². The minimum Gasteiger partial charge on any atom is -0.351 e. The van der Waals surface area contributed by atoms with E-state index in [0.717, 1.165) is 43.9 Å². The number of nitrogens with one attached hydrogen (secondary N) is 1. The van der Waals surface area contributed by atoms with E-state index < -0.39 is 0 Å². The molecule has 0 bridgehead atoms.